The number of unbranched alkanes of at least 4 members (excludes halogenated alkanes) is 19. The fourth-order valence-corrected chi connectivity index (χ4v) is 5.78. The Balaban J connectivity index is 4.34. The molecule has 0 rings (SSSR count). The number of carbonyl (C=O) groups is 2. The predicted molar refractivity (Wildman–Crippen MR) is 197 cm³/mol. The van der Waals surface area contributed by atoms with E-state index >= 15 is 0 Å². The summed E-state index contributed by atoms with van der Waals surface area (Å²) in [6.07, 6.45) is 36.6. The maximum Gasteiger partial charge on any atom is 0.472 e. The Morgan fingerprint density at radius 2 is 1.17 bits per heavy atom. The van der Waals surface area contributed by atoms with Gasteiger partial charge < -0.3 is 20.1 Å². The molecule has 0 saturated carbocycles. The summed E-state index contributed by atoms with van der Waals surface area (Å²) >= 11 is 0. The van der Waals surface area contributed by atoms with E-state index < -0.39 is 32.5 Å². The normalized spacial score (nSPS) is 13.8. The van der Waals surface area contributed by atoms with Crippen LogP contribution in [0, 0.1) is 0 Å². The summed E-state index contributed by atoms with van der Waals surface area (Å²) in [7, 11) is -4.39. The van der Waals surface area contributed by atoms with Gasteiger partial charge in [-0.15, -0.1) is 0 Å². The van der Waals surface area contributed by atoms with Gasteiger partial charge in [0.25, 0.3) is 0 Å². The van der Waals surface area contributed by atoms with Crippen LogP contribution in [0.4, 0.5) is 0 Å². The lowest BCUT2D eigenvalue weighted by molar-refractivity contribution is -0.159. The number of esters is 2. The van der Waals surface area contributed by atoms with Gasteiger partial charge in [-0.3, -0.25) is 13.8 Å². The van der Waals surface area contributed by atoms with Crippen LogP contribution in [0.3, 0.4) is 0 Å². The second-order valence-corrected chi connectivity index (χ2v) is 14.0. The quantitative estimate of drug-likeness (QED) is 0.0165. The van der Waals surface area contributed by atoms with E-state index in [4.69, 9.17) is 24.3 Å². The molecule has 1 unspecified atom stereocenters. The second kappa shape index (κ2) is 35.1. The molecule has 0 bridgehead atoms. The molecule has 0 heterocycles. The lowest BCUT2D eigenvalue weighted by Gasteiger charge is -2.19. The summed E-state index contributed by atoms with van der Waals surface area (Å²) in [5, 5.41) is 0. The van der Waals surface area contributed by atoms with Crippen molar-refractivity contribution in [2.45, 2.75) is 168 Å². The first-order valence-corrected chi connectivity index (χ1v) is 20.5. The summed E-state index contributed by atoms with van der Waals surface area (Å²) < 4.78 is 32.4. The number of hydrogen-bond donors (Lipinski definition) is 2. The molecule has 0 aromatic carbocycles. The van der Waals surface area contributed by atoms with Gasteiger partial charge in [-0.2, -0.15) is 0 Å². The van der Waals surface area contributed by atoms with Gasteiger partial charge in [0.2, 0.25) is 0 Å². The molecule has 0 aliphatic heterocycles. The standard InChI is InChI=1S/C38H70NO8P/c1-3-5-7-9-11-13-15-17-18-19-21-22-24-26-28-30-37(40)44-34-36(35-46-48(42,43)45-33-32-39)47-38(41)31-29-27-25-23-20-16-14-12-10-8-6-4-2/h12,14,24,26,28,30,36H,3-11,13,15-23,25,27,29,31-35,39H2,1-2H3,(H,42,43)/b14-12+,26-24+,30-28+/t36-/m1/s1. The molecule has 0 aromatic rings. The first kappa shape index (κ1) is 46.2. The minimum atomic E-state index is -4.39. The van der Waals surface area contributed by atoms with E-state index in [0.29, 0.717) is 6.42 Å². The average Bonchev–Trinajstić information content (AvgIpc) is 3.07. The summed E-state index contributed by atoms with van der Waals surface area (Å²) in [5.41, 5.74) is 5.32. The number of allylic oxidation sites excluding steroid dienone is 5. The van der Waals surface area contributed by atoms with Gasteiger partial charge in [0.1, 0.15) is 6.61 Å². The van der Waals surface area contributed by atoms with E-state index in [1.165, 1.54) is 89.5 Å². The molecule has 10 heteroatoms. The molecule has 0 radical (unpaired) electrons. The van der Waals surface area contributed by atoms with Gasteiger partial charge >= 0.3 is 19.8 Å². The minimum absolute atomic E-state index is 0.0414. The molecule has 0 saturated heterocycles. The van der Waals surface area contributed by atoms with Crippen LogP contribution in [0.25, 0.3) is 0 Å². The Morgan fingerprint density at radius 1 is 0.667 bits per heavy atom. The molecule has 0 aliphatic rings. The summed E-state index contributed by atoms with van der Waals surface area (Å²) in [6, 6.07) is 0. The zero-order valence-corrected chi connectivity index (χ0v) is 31.4. The highest BCUT2D eigenvalue weighted by molar-refractivity contribution is 7.47. The molecule has 3 N–H and O–H groups in total. The SMILES string of the molecule is CCCCC/C=C/CCCCCCCC(=O)O[C@H](COC(=O)/C=C/C=C/CCCCCCCCCCCCC)COP(=O)(O)OCCN. The third-order valence-electron chi connectivity index (χ3n) is 7.85. The molecule has 9 nitrogen and oxygen atoms in total. The third kappa shape index (κ3) is 34.1. The van der Waals surface area contributed by atoms with E-state index in [0.717, 1.165) is 51.4 Å². The Kier molecular flexibility index (Phi) is 33.8. The van der Waals surface area contributed by atoms with Crippen LogP contribution in [0.1, 0.15) is 162 Å². The lowest BCUT2D eigenvalue weighted by Crippen LogP contribution is -2.29. The number of phosphoric ester groups is 1. The second-order valence-electron chi connectivity index (χ2n) is 12.5. The monoisotopic (exact) mass is 699 g/mol. The van der Waals surface area contributed by atoms with Crippen LogP contribution < -0.4 is 5.73 Å². The minimum Gasteiger partial charge on any atom is -0.458 e. The molecule has 0 fully saturated rings. The van der Waals surface area contributed by atoms with Crippen LogP contribution >= 0.6 is 7.82 Å². The predicted octanol–water partition coefficient (Wildman–Crippen LogP) is 10.2. The zero-order chi connectivity index (χ0) is 35.4. The molecule has 2 atom stereocenters. The average molecular weight is 700 g/mol. The molecule has 280 valence electrons. The van der Waals surface area contributed by atoms with E-state index in [2.05, 4.69) is 26.0 Å². The molecule has 0 aromatic heterocycles. The first-order valence-electron chi connectivity index (χ1n) is 19.0. The van der Waals surface area contributed by atoms with Gasteiger partial charge in [0.15, 0.2) is 6.10 Å². The van der Waals surface area contributed by atoms with Crippen LogP contribution in [0.5, 0.6) is 0 Å². The van der Waals surface area contributed by atoms with Gasteiger partial charge in [-0.1, -0.05) is 141 Å². The fourth-order valence-electron chi connectivity index (χ4n) is 5.01. The van der Waals surface area contributed by atoms with Gasteiger partial charge in [-0.25, -0.2) is 9.36 Å². The topological polar surface area (TPSA) is 134 Å². The highest BCUT2D eigenvalue weighted by Crippen LogP contribution is 2.43. The van der Waals surface area contributed by atoms with Gasteiger partial charge in [0.05, 0.1) is 13.2 Å². The maximum absolute atomic E-state index is 12.5. The van der Waals surface area contributed by atoms with Crippen molar-refractivity contribution in [1.82, 2.24) is 0 Å². The molecule has 48 heavy (non-hydrogen) atoms. The Morgan fingerprint density at radius 3 is 1.75 bits per heavy atom. The van der Waals surface area contributed by atoms with Crippen molar-refractivity contribution in [2.75, 3.05) is 26.4 Å². The zero-order valence-electron chi connectivity index (χ0n) is 30.5. The maximum atomic E-state index is 12.5. The number of phosphoric acid groups is 1. The lowest BCUT2D eigenvalue weighted by atomic mass is 10.1. The van der Waals surface area contributed by atoms with Crippen molar-refractivity contribution < 1.29 is 37.6 Å². The Hall–Kier alpha value is -1.77. The van der Waals surface area contributed by atoms with E-state index in [9.17, 15) is 19.0 Å². The van der Waals surface area contributed by atoms with Crippen LogP contribution in [0.2, 0.25) is 0 Å². The molecule has 0 amide bonds. The van der Waals surface area contributed by atoms with Gasteiger partial charge in [0, 0.05) is 19.0 Å². The first-order chi connectivity index (χ1) is 23.3. The van der Waals surface area contributed by atoms with Crippen molar-refractivity contribution in [3.05, 3.63) is 36.5 Å². The molecule has 0 spiro atoms. The Labute approximate surface area is 293 Å². The van der Waals surface area contributed by atoms with Crippen molar-refractivity contribution in [2.24, 2.45) is 5.73 Å². The van der Waals surface area contributed by atoms with E-state index in [-0.39, 0.29) is 26.2 Å². The van der Waals surface area contributed by atoms with Crippen molar-refractivity contribution in [3.63, 3.8) is 0 Å². The number of ether oxygens (including phenoxy) is 2. The Bertz CT molecular complexity index is 892. The number of nitrogens with two attached hydrogens (primary N) is 1. The van der Waals surface area contributed by atoms with Crippen LogP contribution in [-0.2, 0) is 32.7 Å². The van der Waals surface area contributed by atoms with E-state index in [1.807, 2.05) is 12.2 Å². The summed E-state index contributed by atoms with van der Waals surface area (Å²) in [4.78, 5) is 34.5. The summed E-state index contributed by atoms with van der Waals surface area (Å²) in [6.45, 7) is 3.55. The van der Waals surface area contributed by atoms with Crippen molar-refractivity contribution >= 4 is 19.8 Å². The molecular weight excluding hydrogens is 629 g/mol. The van der Waals surface area contributed by atoms with E-state index in [1.54, 1.807) is 6.08 Å². The largest absolute Gasteiger partial charge is 0.472 e. The van der Waals surface area contributed by atoms with Crippen LogP contribution in [-0.4, -0.2) is 49.3 Å². The molecule has 0 aliphatic carbocycles. The summed E-state index contributed by atoms with van der Waals surface area (Å²) in [5.74, 6) is -1.09. The number of hydrogen-bond acceptors (Lipinski definition) is 8. The van der Waals surface area contributed by atoms with Crippen molar-refractivity contribution in [3.8, 4) is 0 Å². The number of carbonyl (C=O) groups excluding carboxylic acids is 2. The van der Waals surface area contributed by atoms with Crippen LogP contribution in [0.15, 0.2) is 36.5 Å². The fraction of sp³-hybridized carbons (Fsp3) is 0.789. The third-order valence-corrected chi connectivity index (χ3v) is 8.84. The van der Waals surface area contributed by atoms with Crippen molar-refractivity contribution in [1.29, 1.82) is 0 Å². The highest BCUT2D eigenvalue weighted by atomic mass is 31.2. The molecular formula is C38H70NO8P. The number of rotatable bonds is 35. The van der Waals surface area contributed by atoms with Gasteiger partial charge in [-0.05, 0) is 44.9 Å². The highest BCUT2D eigenvalue weighted by Gasteiger charge is 2.25. The smallest absolute Gasteiger partial charge is 0.458 e.